The largest absolute Gasteiger partial charge is 0.481 e. The average Bonchev–Trinajstić information content (AvgIpc) is 2.90. The van der Waals surface area contributed by atoms with Crippen LogP contribution >= 0.6 is 11.5 Å². The van der Waals surface area contributed by atoms with Crippen LogP contribution in [-0.2, 0) is 4.79 Å². The van der Waals surface area contributed by atoms with Crippen LogP contribution in [-0.4, -0.2) is 40.6 Å². The van der Waals surface area contributed by atoms with Gasteiger partial charge in [0.1, 0.15) is 5.00 Å². The first-order valence-electron chi connectivity index (χ1n) is 5.69. The van der Waals surface area contributed by atoms with Gasteiger partial charge in [-0.2, -0.15) is 4.37 Å². The lowest BCUT2D eigenvalue weighted by molar-refractivity contribution is -0.134. The Labute approximate surface area is 105 Å². The van der Waals surface area contributed by atoms with Crippen LogP contribution in [0.2, 0.25) is 0 Å². The highest BCUT2D eigenvalue weighted by Gasteiger charge is 2.38. The van der Waals surface area contributed by atoms with Crippen molar-refractivity contribution >= 4 is 22.5 Å². The number of carboxylic acids is 1. The van der Waals surface area contributed by atoms with Gasteiger partial charge in [0.2, 0.25) is 0 Å². The number of aromatic nitrogens is 1. The molecule has 2 aliphatic heterocycles. The molecular weight excluding hydrogens is 238 g/mol. The van der Waals surface area contributed by atoms with Crippen LogP contribution in [0.15, 0.2) is 6.07 Å². The van der Waals surface area contributed by atoms with Gasteiger partial charge >= 0.3 is 0 Å². The number of aryl methyl sites for hydroxylation is 1. The summed E-state index contributed by atoms with van der Waals surface area (Å²) in [7, 11) is 0. The van der Waals surface area contributed by atoms with Crippen LogP contribution in [0.5, 0.6) is 0 Å². The van der Waals surface area contributed by atoms with Gasteiger partial charge in [0.25, 0.3) is 5.97 Å². The van der Waals surface area contributed by atoms with Crippen LogP contribution in [0.25, 0.3) is 0 Å². The number of carboxylic acid groups (broad SMARTS) is 1. The third-order valence-corrected chi connectivity index (χ3v) is 3.87. The topological polar surface area (TPSA) is 65.5 Å². The van der Waals surface area contributed by atoms with Crippen molar-refractivity contribution in [3.63, 3.8) is 0 Å². The van der Waals surface area contributed by atoms with E-state index in [9.17, 15) is 0 Å². The van der Waals surface area contributed by atoms with Crippen molar-refractivity contribution in [1.82, 2.24) is 9.69 Å². The van der Waals surface area contributed by atoms with E-state index in [0.29, 0.717) is 0 Å². The Kier molecular flexibility index (Phi) is 3.63. The highest BCUT2D eigenvalue weighted by atomic mass is 32.1. The zero-order chi connectivity index (χ0) is 12.4. The summed E-state index contributed by atoms with van der Waals surface area (Å²) in [6.07, 6.45) is 1.32. The van der Waals surface area contributed by atoms with Crippen LogP contribution in [0.1, 0.15) is 19.0 Å². The Morgan fingerprint density at radius 1 is 1.71 bits per heavy atom. The van der Waals surface area contributed by atoms with Gasteiger partial charge in [-0.15, -0.1) is 0 Å². The molecule has 17 heavy (non-hydrogen) atoms. The molecule has 0 amide bonds. The number of anilines is 1. The first kappa shape index (κ1) is 12.3. The molecule has 2 N–H and O–H groups in total. The standard InChI is InChI=1S/C9H13N3S.C2H4O2/c1-6-2-9(13-11-6)12-5-7-3-8(12)4-10-7;1-2(3)4/h2,7-8,10H,3-5H2,1H3;1H3,(H,3,4)/t7-,8-;/m0./s1. The molecule has 1 aromatic rings. The molecule has 0 aromatic carbocycles. The molecule has 2 bridgehead atoms. The molecule has 2 saturated heterocycles. The van der Waals surface area contributed by atoms with Crippen molar-refractivity contribution in [3.8, 4) is 0 Å². The van der Waals surface area contributed by atoms with Gasteiger partial charge in [-0.3, -0.25) is 4.79 Å². The summed E-state index contributed by atoms with van der Waals surface area (Å²) in [5, 5.41) is 12.3. The summed E-state index contributed by atoms with van der Waals surface area (Å²) in [4.78, 5) is 11.5. The molecule has 0 aliphatic carbocycles. The number of nitrogens with one attached hydrogen (secondary N) is 1. The number of aliphatic carboxylic acids is 1. The van der Waals surface area contributed by atoms with E-state index >= 15 is 0 Å². The van der Waals surface area contributed by atoms with Crippen molar-refractivity contribution in [1.29, 1.82) is 0 Å². The van der Waals surface area contributed by atoms with Gasteiger partial charge < -0.3 is 15.3 Å². The molecule has 0 saturated carbocycles. The normalized spacial score (nSPS) is 25.6. The number of hydrogen-bond acceptors (Lipinski definition) is 5. The van der Waals surface area contributed by atoms with E-state index in [4.69, 9.17) is 9.90 Å². The Hall–Kier alpha value is -1.14. The minimum atomic E-state index is -0.833. The summed E-state index contributed by atoms with van der Waals surface area (Å²) in [5.74, 6) is -0.833. The molecule has 5 nitrogen and oxygen atoms in total. The first-order valence-corrected chi connectivity index (χ1v) is 6.46. The minimum absolute atomic E-state index is 0.727. The van der Waals surface area contributed by atoms with Crippen molar-refractivity contribution in [2.24, 2.45) is 0 Å². The number of nitrogens with zero attached hydrogens (tertiary/aromatic N) is 2. The van der Waals surface area contributed by atoms with Gasteiger partial charge in [-0.1, -0.05) is 0 Å². The molecule has 1 aromatic heterocycles. The third-order valence-electron chi connectivity index (χ3n) is 2.96. The lowest BCUT2D eigenvalue weighted by atomic mass is 10.2. The molecule has 3 heterocycles. The van der Waals surface area contributed by atoms with E-state index in [1.165, 1.54) is 18.0 Å². The average molecular weight is 255 g/mol. The maximum atomic E-state index is 9.00. The SMILES string of the molecule is CC(=O)O.Cc1cc(N2C[C@@H]3C[C@H]2CN3)sn1. The highest BCUT2D eigenvalue weighted by Crippen LogP contribution is 2.32. The van der Waals surface area contributed by atoms with Crippen LogP contribution < -0.4 is 10.2 Å². The van der Waals surface area contributed by atoms with Crippen molar-refractivity contribution in [3.05, 3.63) is 11.8 Å². The molecule has 2 fully saturated rings. The molecule has 3 rings (SSSR count). The summed E-state index contributed by atoms with van der Waals surface area (Å²) < 4.78 is 4.32. The third kappa shape index (κ3) is 2.95. The van der Waals surface area contributed by atoms with Gasteiger partial charge in [-0.25, -0.2) is 0 Å². The maximum absolute atomic E-state index is 9.00. The monoisotopic (exact) mass is 255 g/mol. The Balaban J connectivity index is 0.000000239. The second-order valence-corrected chi connectivity index (χ2v) is 5.26. The number of piperazine rings is 1. The van der Waals surface area contributed by atoms with Crippen LogP contribution in [0, 0.1) is 6.92 Å². The fraction of sp³-hybridized carbons (Fsp3) is 0.636. The maximum Gasteiger partial charge on any atom is 0.300 e. The second-order valence-electron chi connectivity index (χ2n) is 4.47. The molecule has 2 aliphatic rings. The molecule has 94 valence electrons. The van der Waals surface area contributed by atoms with Crippen LogP contribution in [0.4, 0.5) is 5.00 Å². The van der Waals surface area contributed by atoms with Crippen molar-refractivity contribution in [2.45, 2.75) is 32.4 Å². The molecule has 0 unspecified atom stereocenters. The van der Waals surface area contributed by atoms with Gasteiger partial charge in [-0.05, 0) is 30.9 Å². The fourth-order valence-corrected chi connectivity index (χ4v) is 3.16. The second kappa shape index (κ2) is 5.01. The zero-order valence-corrected chi connectivity index (χ0v) is 10.8. The molecular formula is C11H17N3O2S. The molecule has 0 radical (unpaired) electrons. The molecule has 6 heteroatoms. The fourth-order valence-electron chi connectivity index (χ4n) is 2.32. The summed E-state index contributed by atoms with van der Waals surface area (Å²) in [5.41, 5.74) is 1.15. The quantitative estimate of drug-likeness (QED) is 0.786. The van der Waals surface area contributed by atoms with Gasteiger partial charge in [0.05, 0.1) is 5.69 Å². The van der Waals surface area contributed by atoms with Crippen molar-refractivity contribution < 1.29 is 9.90 Å². The van der Waals surface area contributed by atoms with E-state index in [-0.39, 0.29) is 0 Å². The van der Waals surface area contributed by atoms with E-state index in [1.54, 1.807) is 11.5 Å². The highest BCUT2D eigenvalue weighted by molar-refractivity contribution is 7.10. The summed E-state index contributed by atoms with van der Waals surface area (Å²) >= 11 is 1.63. The first-order chi connectivity index (χ1) is 8.06. The van der Waals surface area contributed by atoms with E-state index in [0.717, 1.165) is 31.2 Å². The summed E-state index contributed by atoms with van der Waals surface area (Å²) in [6.45, 7) is 5.47. The molecule has 2 atom stereocenters. The molecule has 0 spiro atoms. The smallest absolute Gasteiger partial charge is 0.300 e. The Bertz CT molecular complexity index is 403. The number of carbonyl (C=O) groups is 1. The van der Waals surface area contributed by atoms with Crippen molar-refractivity contribution in [2.75, 3.05) is 18.0 Å². The minimum Gasteiger partial charge on any atom is -0.481 e. The Morgan fingerprint density at radius 3 is 2.82 bits per heavy atom. The van der Waals surface area contributed by atoms with E-state index in [1.807, 2.05) is 0 Å². The Morgan fingerprint density at radius 2 is 2.41 bits per heavy atom. The number of hydrogen-bond donors (Lipinski definition) is 2. The summed E-state index contributed by atoms with van der Waals surface area (Å²) in [6, 6.07) is 3.66. The van der Waals surface area contributed by atoms with Gasteiger partial charge in [0, 0.05) is 32.1 Å². The van der Waals surface area contributed by atoms with Crippen LogP contribution in [0.3, 0.4) is 0 Å². The van der Waals surface area contributed by atoms with E-state index < -0.39 is 5.97 Å². The zero-order valence-electron chi connectivity index (χ0n) is 10.0. The van der Waals surface area contributed by atoms with E-state index in [2.05, 4.69) is 27.6 Å². The predicted molar refractivity (Wildman–Crippen MR) is 67.7 cm³/mol. The predicted octanol–water partition coefficient (Wildman–Crippen LogP) is 1.09. The lowest BCUT2D eigenvalue weighted by Crippen LogP contribution is -2.43. The number of rotatable bonds is 1. The lowest BCUT2D eigenvalue weighted by Gasteiger charge is -2.27. The van der Waals surface area contributed by atoms with Gasteiger partial charge in [0.15, 0.2) is 0 Å². The number of fused-ring (bicyclic) bond motifs is 2.